The zero-order chi connectivity index (χ0) is 21.2. The Hall–Kier alpha value is -2.23. The smallest absolute Gasteiger partial charge is 0.176 e. The first-order valence-electron chi connectivity index (χ1n) is 10.9. The molecule has 31 heavy (non-hydrogen) atoms. The van der Waals surface area contributed by atoms with E-state index in [0.29, 0.717) is 13.2 Å². The molecule has 3 saturated heterocycles. The zero-order valence-corrected chi connectivity index (χ0v) is 17.8. The van der Waals surface area contributed by atoms with Gasteiger partial charge in [0, 0.05) is 45.1 Å². The number of anilines is 1. The van der Waals surface area contributed by atoms with Gasteiger partial charge in [-0.1, -0.05) is 12.1 Å². The molecule has 5 rings (SSSR count). The molecule has 0 amide bonds. The Morgan fingerprint density at radius 2 is 1.90 bits per heavy atom. The highest BCUT2D eigenvalue weighted by molar-refractivity contribution is 5.58. The van der Waals surface area contributed by atoms with Gasteiger partial charge in [-0.05, 0) is 29.8 Å². The zero-order valence-electron chi connectivity index (χ0n) is 17.8. The van der Waals surface area contributed by atoms with E-state index in [0.717, 1.165) is 43.2 Å². The van der Waals surface area contributed by atoms with Gasteiger partial charge >= 0.3 is 0 Å². The van der Waals surface area contributed by atoms with Crippen LogP contribution in [0.5, 0.6) is 5.75 Å². The van der Waals surface area contributed by atoms with E-state index in [9.17, 15) is 5.11 Å². The molecule has 2 bridgehead atoms. The second-order valence-corrected chi connectivity index (χ2v) is 8.31. The van der Waals surface area contributed by atoms with Crippen molar-refractivity contribution in [3.05, 3.63) is 54.4 Å². The maximum atomic E-state index is 11.3. The molecular formula is C23H30N4O4. The number of nitrogens with zero attached hydrogens (tertiary/aromatic N) is 3. The Labute approximate surface area is 182 Å². The lowest BCUT2D eigenvalue weighted by Crippen LogP contribution is -2.66. The number of fused-ring (bicyclic) bond motifs is 2. The summed E-state index contributed by atoms with van der Waals surface area (Å²) in [5.74, 6) is 0.888. The molecule has 0 spiro atoms. The number of pyridine rings is 1. The fourth-order valence-electron chi connectivity index (χ4n) is 4.93. The van der Waals surface area contributed by atoms with Crippen LogP contribution >= 0.6 is 0 Å². The van der Waals surface area contributed by atoms with E-state index in [1.54, 1.807) is 19.5 Å². The second-order valence-electron chi connectivity index (χ2n) is 8.31. The molecular weight excluding hydrogens is 396 g/mol. The van der Waals surface area contributed by atoms with Crippen molar-refractivity contribution in [3.8, 4) is 5.75 Å². The van der Waals surface area contributed by atoms with E-state index >= 15 is 0 Å². The van der Waals surface area contributed by atoms with Crippen LogP contribution in [-0.2, 0) is 16.0 Å². The predicted molar refractivity (Wildman–Crippen MR) is 116 cm³/mol. The number of ether oxygens (including phenoxy) is 3. The van der Waals surface area contributed by atoms with Crippen molar-refractivity contribution in [2.24, 2.45) is 0 Å². The number of para-hydroxylation sites is 2. The van der Waals surface area contributed by atoms with Gasteiger partial charge < -0.3 is 29.5 Å². The Morgan fingerprint density at radius 3 is 2.68 bits per heavy atom. The molecule has 0 radical (unpaired) electrons. The van der Waals surface area contributed by atoms with E-state index in [4.69, 9.17) is 14.2 Å². The Balaban J connectivity index is 1.24. The van der Waals surface area contributed by atoms with Crippen LogP contribution in [0.2, 0.25) is 0 Å². The third kappa shape index (κ3) is 4.14. The summed E-state index contributed by atoms with van der Waals surface area (Å²) < 4.78 is 17.6. The van der Waals surface area contributed by atoms with Crippen molar-refractivity contribution in [3.63, 3.8) is 0 Å². The van der Waals surface area contributed by atoms with Crippen LogP contribution in [0.25, 0.3) is 0 Å². The average molecular weight is 427 g/mol. The summed E-state index contributed by atoms with van der Waals surface area (Å²) in [4.78, 5) is 8.71. The van der Waals surface area contributed by atoms with Gasteiger partial charge in [-0.2, -0.15) is 0 Å². The quantitative estimate of drug-likeness (QED) is 0.704. The van der Waals surface area contributed by atoms with Gasteiger partial charge in [0.2, 0.25) is 0 Å². The predicted octanol–water partition coefficient (Wildman–Crippen LogP) is 0.855. The number of aliphatic hydroxyl groups excluding tert-OH is 1. The lowest BCUT2D eigenvalue weighted by atomic mass is 9.94. The van der Waals surface area contributed by atoms with E-state index in [2.05, 4.69) is 26.2 Å². The molecule has 5 atom stereocenters. The first-order valence-corrected chi connectivity index (χ1v) is 10.9. The second kappa shape index (κ2) is 9.10. The van der Waals surface area contributed by atoms with Crippen LogP contribution in [0.4, 0.5) is 5.69 Å². The molecule has 8 heteroatoms. The number of hydrogen-bond acceptors (Lipinski definition) is 8. The Morgan fingerprint density at radius 1 is 1.13 bits per heavy atom. The first-order chi connectivity index (χ1) is 15.2. The van der Waals surface area contributed by atoms with Crippen molar-refractivity contribution in [1.29, 1.82) is 0 Å². The maximum Gasteiger partial charge on any atom is 0.176 e. The lowest BCUT2D eigenvalue weighted by Gasteiger charge is -2.47. The monoisotopic (exact) mass is 426 g/mol. The van der Waals surface area contributed by atoms with Crippen molar-refractivity contribution < 1.29 is 19.3 Å². The van der Waals surface area contributed by atoms with E-state index in [-0.39, 0.29) is 24.5 Å². The van der Waals surface area contributed by atoms with Gasteiger partial charge in [0.25, 0.3) is 0 Å². The number of methoxy groups -OCH3 is 1. The molecule has 3 aliphatic heterocycles. The number of aliphatic hydroxyl groups is 1. The molecule has 1 aromatic heterocycles. The number of rotatable bonds is 6. The molecule has 0 saturated carbocycles. The third-order valence-electron chi connectivity index (χ3n) is 6.58. The van der Waals surface area contributed by atoms with E-state index < -0.39 is 6.10 Å². The minimum Gasteiger partial charge on any atom is -0.495 e. The Kier molecular flexibility index (Phi) is 6.06. The number of piperazine rings is 1. The topological polar surface area (TPSA) is 79.3 Å². The summed E-state index contributed by atoms with van der Waals surface area (Å²) in [5, 5.41) is 14.8. The first kappa shape index (κ1) is 20.7. The highest BCUT2D eigenvalue weighted by Gasteiger charge is 2.52. The van der Waals surface area contributed by atoms with E-state index in [1.807, 2.05) is 30.3 Å². The SMILES string of the molecule is COc1ccccc1N1CCN(C2C3OCC(O3)C(NCc3ccncc3)C2O)CC1. The summed E-state index contributed by atoms with van der Waals surface area (Å²) in [6.07, 6.45) is 2.49. The van der Waals surface area contributed by atoms with Crippen LogP contribution < -0.4 is 15.0 Å². The van der Waals surface area contributed by atoms with Crippen LogP contribution in [-0.4, -0.2) is 85.5 Å². The van der Waals surface area contributed by atoms with Gasteiger partial charge in [-0.3, -0.25) is 9.88 Å². The van der Waals surface area contributed by atoms with Gasteiger partial charge in [0.05, 0.1) is 37.6 Å². The summed E-state index contributed by atoms with van der Waals surface area (Å²) in [6, 6.07) is 11.7. The summed E-state index contributed by atoms with van der Waals surface area (Å²) >= 11 is 0. The Bertz CT molecular complexity index is 862. The minimum atomic E-state index is -0.564. The molecule has 0 aliphatic carbocycles. The van der Waals surface area contributed by atoms with Crippen LogP contribution in [0, 0.1) is 0 Å². The molecule has 3 aliphatic rings. The van der Waals surface area contributed by atoms with Crippen molar-refractivity contribution >= 4 is 5.69 Å². The molecule has 166 valence electrons. The molecule has 3 fully saturated rings. The molecule has 5 unspecified atom stereocenters. The molecule has 1 aromatic carbocycles. The number of hydrogen-bond donors (Lipinski definition) is 2. The average Bonchev–Trinajstić information content (AvgIpc) is 3.25. The highest BCUT2D eigenvalue weighted by Crippen LogP contribution is 2.33. The molecule has 2 N–H and O–H groups in total. The summed E-state index contributed by atoms with van der Waals surface area (Å²) in [6.45, 7) is 4.52. The fraction of sp³-hybridized carbons (Fsp3) is 0.522. The van der Waals surface area contributed by atoms with Crippen molar-refractivity contribution in [1.82, 2.24) is 15.2 Å². The van der Waals surface area contributed by atoms with E-state index in [1.165, 1.54) is 0 Å². The lowest BCUT2D eigenvalue weighted by molar-refractivity contribution is -0.183. The van der Waals surface area contributed by atoms with Crippen LogP contribution in [0.3, 0.4) is 0 Å². The number of benzene rings is 1. The van der Waals surface area contributed by atoms with Gasteiger partial charge in [0.15, 0.2) is 6.29 Å². The molecule has 4 heterocycles. The van der Waals surface area contributed by atoms with Gasteiger partial charge in [-0.25, -0.2) is 0 Å². The molecule has 2 aromatic rings. The highest BCUT2D eigenvalue weighted by atomic mass is 16.7. The summed E-state index contributed by atoms with van der Waals surface area (Å²) in [5.41, 5.74) is 2.24. The molecule has 8 nitrogen and oxygen atoms in total. The van der Waals surface area contributed by atoms with Crippen molar-refractivity contribution in [2.45, 2.75) is 37.1 Å². The number of nitrogens with one attached hydrogen (secondary N) is 1. The van der Waals surface area contributed by atoms with Crippen LogP contribution in [0.1, 0.15) is 5.56 Å². The van der Waals surface area contributed by atoms with Crippen LogP contribution in [0.15, 0.2) is 48.8 Å². The minimum absolute atomic E-state index is 0.132. The maximum absolute atomic E-state index is 11.3. The van der Waals surface area contributed by atoms with Gasteiger partial charge in [-0.15, -0.1) is 0 Å². The van der Waals surface area contributed by atoms with Gasteiger partial charge in [0.1, 0.15) is 11.9 Å². The van der Waals surface area contributed by atoms with Crippen molar-refractivity contribution in [2.75, 3.05) is 44.8 Å². The normalized spacial score (nSPS) is 31.0. The standard InChI is InChI=1S/C23H30N4O4/c1-29-18-5-3-2-4-17(18)26-10-12-27(13-11-26)21-22(28)20(19-15-30-23(21)31-19)25-14-16-6-8-24-9-7-16/h2-9,19-23,25,28H,10-15H2,1H3. The number of aromatic nitrogens is 1. The largest absolute Gasteiger partial charge is 0.495 e. The fourth-order valence-corrected chi connectivity index (χ4v) is 4.93. The summed E-state index contributed by atoms with van der Waals surface area (Å²) in [7, 11) is 1.71. The third-order valence-corrected chi connectivity index (χ3v) is 6.58.